The first-order valence-corrected chi connectivity index (χ1v) is 9.22. The van der Waals surface area contributed by atoms with Gasteiger partial charge in [0.1, 0.15) is 0 Å². The third-order valence-corrected chi connectivity index (χ3v) is 4.86. The molecule has 3 rings (SSSR count). The molecule has 1 amide bonds. The molecule has 0 atom stereocenters. The molecule has 1 aromatic carbocycles. The van der Waals surface area contributed by atoms with Crippen molar-refractivity contribution in [1.29, 1.82) is 0 Å². The number of hydrogen-bond acceptors (Lipinski definition) is 6. The molecule has 0 aliphatic carbocycles. The zero-order chi connectivity index (χ0) is 19.1. The number of rotatable bonds is 7. The van der Waals surface area contributed by atoms with E-state index >= 15 is 0 Å². The Kier molecular flexibility index (Phi) is 6.46. The Morgan fingerprint density at radius 2 is 1.85 bits per heavy atom. The summed E-state index contributed by atoms with van der Waals surface area (Å²) in [5.74, 6) is 2.33. The van der Waals surface area contributed by atoms with E-state index in [4.69, 9.17) is 9.47 Å². The van der Waals surface area contributed by atoms with Gasteiger partial charge in [-0.15, -0.1) is 0 Å². The lowest BCUT2D eigenvalue weighted by atomic mass is 9.96. The SMILES string of the molecule is COc1ccc(CCNC(=O)C2CCN(c3ncccn3)CC2)cc1OC. The highest BCUT2D eigenvalue weighted by Gasteiger charge is 2.25. The van der Waals surface area contributed by atoms with Gasteiger partial charge in [-0.05, 0) is 43.0 Å². The van der Waals surface area contributed by atoms with E-state index in [1.165, 1.54) is 0 Å². The number of methoxy groups -OCH3 is 2. The van der Waals surface area contributed by atoms with Crippen LogP contribution in [0.2, 0.25) is 0 Å². The minimum absolute atomic E-state index is 0.0513. The third-order valence-electron chi connectivity index (χ3n) is 4.86. The molecule has 1 aliphatic heterocycles. The molecule has 0 spiro atoms. The van der Waals surface area contributed by atoms with E-state index in [0.29, 0.717) is 18.0 Å². The number of nitrogens with zero attached hydrogens (tertiary/aromatic N) is 3. The van der Waals surface area contributed by atoms with Crippen LogP contribution < -0.4 is 19.7 Å². The van der Waals surface area contributed by atoms with Crippen molar-refractivity contribution in [3.05, 3.63) is 42.2 Å². The molecule has 0 unspecified atom stereocenters. The highest BCUT2D eigenvalue weighted by Crippen LogP contribution is 2.27. The van der Waals surface area contributed by atoms with E-state index in [2.05, 4.69) is 20.2 Å². The summed E-state index contributed by atoms with van der Waals surface area (Å²) in [7, 11) is 3.24. The molecule has 1 N–H and O–H groups in total. The second-order valence-corrected chi connectivity index (χ2v) is 6.54. The van der Waals surface area contributed by atoms with Crippen LogP contribution >= 0.6 is 0 Å². The maximum atomic E-state index is 12.4. The molecular weight excluding hydrogens is 344 g/mol. The van der Waals surface area contributed by atoms with Gasteiger partial charge in [0.25, 0.3) is 0 Å². The van der Waals surface area contributed by atoms with Crippen LogP contribution in [0.1, 0.15) is 18.4 Å². The standard InChI is InChI=1S/C20H26N4O3/c1-26-17-5-4-15(14-18(17)27-2)6-11-21-19(25)16-7-12-24(13-8-16)20-22-9-3-10-23-20/h3-5,9-10,14,16H,6-8,11-13H2,1-2H3,(H,21,25). The summed E-state index contributed by atoms with van der Waals surface area (Å²) in [5, 5.41) is 3.06. The van der Waals surface area contributed by atoms with Crippen molar-refractivity contribution in [2.45, 2.75) is 19.3 Å². The molecule has 1 saturated heterocycles. The van der Waals surface area contributed by atoms with Crippen LogP contribution in [0.3, 0.4) is 0 Å². The molecule has 144 valence electrons. The number of anilines is 1. The molecular formula is C20H26N4O3. The fourth-order valence-electron chi connectivity index (χ4n) is 3.31. The zero-order valence-corrected chi connectivity index (χ0v) is 15.9. The van der Waals surface area contributed by atoms with E-state index in [1.807, 2.05) is 24.3 Å². The molecule has 2 heterocycles. The summed E-state index contributed by atoms with van der Waals surface area (Å²) in [5.41, 5.74) is 1.10. The quantitative estimate of drug-likeness (QED) is 0.804. The predicted molar refractivity (Wildman–Crippen MR) is 103 cm³/mol. The normalized spacial score (nSPS) is 14.7. The van der Waals surface area contributed by atoms with Crippen LogP contribution in [0, 0.1) is 5.92 Å². The van der Waals surface area contributed by atoms with Crippen LogP contribution in [0.25, 0.3) is 0 Å². The number of piperidine rings is 1. The predicted octanol–water partition coefficient (Wildman–Crippen LogP) is 2.07. The zero-order valence-electron chi connectivity index (χ0n) is 15.9. The van der Waals surface area contributed by atoms with Crippen molar-refractivity contribution in [3.63, 3.8) is 0 Å². The van der Waals surface area contributed by atoms with E-state index < -0.39 is 0 Å². The lowest BCUT2D eigenvalue weighted by molar-refractivity contribution is -0.125. The van der Waals surface area contributed by atoms with Gasteiger partial charge in [-0.2, -0.15) is 0 Å². The largest absolute Gasteiger partial charge is 0.493 e. The smallest absolute Gasteiger partial charge is 0.225 e. The minimum atomic E-state index is 0.0513. The highest BCUT2D eigenvalue weighted by atomic mass is 16.5. The molecule has 0 saturated carbocycles. The van der Waals surface area contributed by atoms with Gasteiger partial charge in [0.15, 0.2) is 11.5 Å². The van der Waals surface area contributed by atoms with Crippen LogP contribution in [0.4, 0.5) is 5.95 Å². The van der Waals surface area contributed by atoms with Crippen molar-refractivity contribution < 1.29 is 14.3 Å². The third kappa shape index (κ3) is 4.87. The first kappa shape index (κ1) is 18.9. The lowest BCUT2D eigenvalue weighted by Crippen LogP contribution is -2.41. The Morgan fingerprint density at radius 3 is 2.52 bits per heavy atom. The minimum Gasteiger partial charge on any atom is -0.493 e. The Labute approximate surface area is 159 Å². The fourth-order valence-corrected chi connectivity index (χ4v) is 3.31. The Bertz CT molecular complexity index is 746. The number of ether oxygens (including phenoxy) is 2. The Balaban J connectivity index is 1.44. The monoisotopic (exact) mass is 370 g/mol. The molecule has 1 aromatic heterocycles. The summed E-state index contributed by atoms with van der Waals surface area (Å²) in [4.78, 5) is 23.1. The van der Waals surface area contributed by atoms with Crippen molar-refractivity contribution in [2.75, 3.05) is 38.8 Å². The van der Waals surface area contributed by atoms with Crippen LogP contribution in [0.5, 0.6) is 11.5 Å². The molecule has 0 bridgehead atoms. The maximum Gasteiger partial charge on any atom is 0.225 e. The number of amides is 1. The average Bonchev–Trinajstić information content (AvgIpc) is 2.74. The van der Waals surface area contributed by atoms with Gasteiger partial charge in [-0.1, -0.05) is 6.07 Å². The van der Waals surface area contributed by atoms with Gasteiger partial charge in [0, 0.05) is 37.9 Å². The molecule has 2 aromatic rings. The van der Waals surface area contributed by atoms with Gasteiger partial charge in [0.05, 0.1) is 14.2 Å². The Hall–Kier alpha value is -2.83. The number of aromatic nitrogens is 2. The van der Waals surface area contributed by atoms with Crippen LogP contribution in [-0.4, -0.2) is 49.7 Å². The summed E-state index contributed by atoms with van der Waals surface area (Å²) in [6, 6.07) is 7.63. The molecule has 7 heteroatoms. The van der Waals surface area contributed by atoms with Crippen molar-refractivity contribution in [1.82, 2.24) is 15.3 Å². The molecule has 1 fully saturated rings. The second-order valence-electron chi connectivity index (χ2n) is 6.54. The highest BCUT2D eigenvalue weighted by molar-refractivity contribution is 5.78. The first-order chi connectivity index (χ1) is 13.2. The number of carbonyl (C=O) groups excluding carboxylic acids is 1. The Morgan fingerprint density at radius 1 is 1.15 bits per heavy atom. The van der Waals surface area contributed by atoms with E-state index in [-0.39, 0.29) is 11.8 Å². The second kappa shape index (κ2) is 9.21. The van der Waals surface area contributed by atoms with Gasteiger partial charge in [-0.25, -0.2) is 9.97 Å². The van der Waals surface area contributed by atoms with Gasteiger partial charge >= 0.3 is 0 Å². The molecule has 27 heavy (non-hydrogen) atoms. The van der Waals surface area contributed by atoms with Crippen molar-refractivity contribution in [3.8, 4) is 11.5 Å². The average molecular weight is 370 g/mol. The van der Waals surface area contributed by atoms with E-state index in [0.717, 1.165) is 43.9 Å². The molecule has 0 radical (unpaired) electrons. The summed E-state index contributed by atoms with van der Waals surface area (Å²) < 4.78 is 10.6. The topological polar surface area (TPSA) is 76.6 Å². The van der Waals surface area contributed by atoms with Crippen LogP contribution in [0.15, 0.2) is 36.7 Å². The molecule has 1 aliphatic rings. The summed E-state index contributed by atoms with van der Waals surface area (Å²) in [6.45, 7) is 2.21. The maximum absolute atomic E-state index is 12.4. The summed E-state index contributed by atoms with van der Waals surface area (Å²) >= 11 is 0. The van der Waals surface area contributed by atoms with Gasteiger partial charge in [-0.3, -0.25) is 4.79 Å². The fraction of sp³-hybridized carbons (Fsp3) is 0.450. The molecule has 7 nitrogen and oxygen atoms in total. The number of nitrogens with one attached hydrogen (secondary N) is 1. The summed E-state index contributed by atoms with van der Waals surface area (Å²) in [6.07, 6.45) is 5.88. The lowest BCUT2D eigenvalue weighted by Gasteiger charge is -2.31. The number of hydrogen-bond donors (Lipinski definition) is 1. The number of benzene rings is 1. The van der Waals surface area contributed by atoms with E-state index in [1.54, 1.807) is 26.6 Å². The van der Waals surface area contributed by atoms with Gasteiger partial charge in [0.2, 0.25) is 11.9 Å². The first-order valence-electron chi connectivity index (χ1n) is 9.22. The van der Waals surface area contributed by atoms with Gasteiger partial charge < -0.3 is 19.7 Å². The van der Waals surface area contributed by atoms with E-state index in [9.17, 15) is 4.79 Å². The number of carbonyl (C=O) groups is 1. The van der Waals surface area contributed by atoms with Crippen molar-refractivity contribution >= 4 is 11.9 Å². The van der Waals surface area contributed by atoms with Crippen LogP contribution in [-0.2, 0) is 11.2 Å². The van der Waals surface area contributed by atoms with Crippen molar-refractivity contribution in [2.24, 2.45) is 5.92 Å².